The average molecular weight is 786 g/mol. The van der Waals surface area contributed by atoms with Crippen LogP contribution in [0.25, 0.3) is 0 Å². The molecule has 16 heteroatoms. The van der Waals surface area contributed by atoms with Gasteiger partial charge in [0.05, 0.1) is 46.7 Å². The number of phenols is 3. The van der Waals surface area contributed by atoms with Gasteiger partial charge in [0.25, 0.3) is 0 Å². The Bertz CT molecular complexity index is 1870. The summed E-state index contributed by atoms with van der Waals surface area (Å²) in [6.07, 6.45) is -8.83. The van der Waals surface area contributed by atoms with E-state index >= 15 is 0 Å². The van der Waals surface area contributed by atoms with Crippen LogP contribution in [0.2, 0.25) is 0 Å². The maximum atomic E-state index is 13.8. The number of hydrogen-bond donors (Lipinski definition) is 6. The molecule has 3 heterocycles. The summed E-state index contributed by atoms with van der Waals surface area (Å²) in [4.78, 5) is 41.3. The number of phenolic OH excluding ortho intramolecular Hbond substituents is 3. The molecule has 0 radical (unpaired) electrons. The van der Waals surface area contributed by atoms with E-state index in [-0.39, 0.29) is 59.8 Å². The quantitative estimate of drug-likeness (QED) is 0.180. The predicted octanol–water partition coefficient (Wildman–Crippen LogP) is 2.64. The number of benzene rings is 2. The number of likely N-dealkylation sites (N-methyl/N-ethyl adjacent to an activating group) is 1. The highest BCUT2D eigenvalue weighted by Crippen LogP contribution is 2.56. The SMILES string of the molecule is CC[C@@]1(O)CC(O[C@H]2C[C@H](N(C)C)C(O[C@H]3C[C@H](O)[C@H](O[C@H]4CCC(=O)[C@H](C)O4)[C@H](C)O3)[C@H](C)O2)c2c(O)c3c(c(O)c2[C@H]1O)C(=O)c1cccc(O)c1C3=O. The van der Waals surface area contributed by atoms with Crippen LogP contribution in [0.4, 0.5) is 0 Å². The molecule has 3 aliphatic heterocycles. The fraction of sp³-hybridized carbons (Fsp3) is 0.625. The minimum Gasteiger partial charge on any atom is -0.507 e. The van der Waals surface area contributed by atoms with Gasteiger partial charge in [-0.2, -0.15) is 0 Å². The van der Waals surface area contributed by atoms with E-state index in [1.165, 1.54) is 18.2 Å². The molecule has 2 aromatic carbocycles. The third kappa shape index (κ3) is 6.93. The third-order valence-electron chi connectivity index (χ3n) is 12.1. The van der Waals surface area contributed by atoms with Gasteiger partial charge in [0.15, 0.2) is 30.4 Å². The Morgan fingerprint density at radius 1 is 0.804 bits per heavy atom. The summed E-state index contributed by atoms with van der Waals surface area (Å²) in [7, 11) is 3.70. The Morgan fingerprint density at radius 3 is 2.07 bits per heavy atom. The summed E-state index contributed by atoms with van der Waals surface area (Å²) in [5.41, 5.74) is -4.02. The minimum absolute atomic E-state index is 0.00193. The summed E-state index contributed by atoms with van der Waals surface area (Å²) in [5.74, 6) is -3.73. The fourth-order valence-corrected chi connectivity index (χ4v) is 8.88. The number of rotatable bonds is 8. The van der Waals surface area contributed by atoms with Crippen LogP contribution >= 0.6 is 0 Å². The van der Waals surface area contributed by atoms with Crippen LogP contribution in [0.15, 0.2) is 18.2 Å². The van der Waals surface area contributed by atoms with Crippen molar-refractivity contribution in [2.45, 2.75) is 146 Å². The number of Topliss-reactive ketones (excluding diaryl/α,β-unsaturated/α-hetero) is 1. The number of aromatic hydroxyl groups is 3. The molecule has 2 aliphatic carbocycles. The molecule has 306 valence electrons. The number of fused-ring (bicyclic) bond motifs is 3. The Labute approximate surface area is 323 Å². The number of ketones is 3. The number of carbonyl (C=O) groups excluding carboxylic acids is 3. The van der Waals surface area contributed by atoms with Gasteiger partial charge >= 0.3 is 0 Å². The molecule has 16 nitrogen and oxygen atoms in total. The summed E-state index contributed by atoms with van der Waals surface area (Å²) in [6.45, 7) is 6.85. The maximum Gasteiger partial charge on any atom is 0.202 e. The summed E-state index contributed by atoms with van der Waals surface area (Å²) in [6, 6.07) is 3.55. The van der Waals surface area contributed by atoms with Crippen molar-refractivity contribution < 1.29 is 73.4 Å². The predicted molar refractivity (Wildman–Crippen MR) is 193 cm³/mol. The van der Waals surface area contributed by atoms with Crippen molar-refractivity contribution in [1.82, 2.24) is 4.90 Å². The van der Waals surface area contributed by atoms with Gasteiger partial charge in [-0.15, -0.1) is 0 Å². The number of carbonyl (C=O) groups is 3. The van der Waals surface area contributed by atoms with Gasteiger partial charge in [0.1, 0.15) is 41.7 Å². The number of nitrogens with zero attached hydrogens (tertiary/aromatic N) is 1. The molecule has 3 saturated heterocycles. The Morgan fingerprint density at radius 2 is 1.43 bits per heavy atom. The van der Waals surface area contributed by atoms with Gasteiger partial charge in [0, 0.05) is 54.8 Å². The van der Waals surface area contributed by atoms with Gasteiger partial charge in [-0.1, -0.05) is 19.1 Å². The van der Waals surface area contributed by atoms with E-state index in [0.29, 0.717) is 12.8 Å². The first-order valence-corrected chi connectivity index (χ1v) is 19.2. The molecular weight excluding hydrogens is 734 g/mol. The molecule has 0 bridgehead atoms. The fourth-order valence-electron chi connectivity index (χ4n) is 8.88. The molecule has 0 saturated carbocycles. The molecule has 0 aromatic heterocycles. The summed E-state index contributed by atoms with van der Waals surface area (Å²) >= 11 is 0. The molecule has 0 spiro atoms. The number of ether oxygens (including phenoxy) is 6. The van der Waals surface area contributed by atoms with Gasteiger partial charge in [-0.25, -0.2) is 0 Å². The molecule has 2 aromatic rings. The van der Waals surface area contributed by atoms with Crippen molar-refractivity contribution in [3.63, 3.8) is 0 Å². The van der Waals surface area contributed by atoms with Crippen LogP contribution in [0.1, 0.15) is 121 Å². The van der Waals surface area contributed by atoms with Crippen LogP contribution in [0.5, 0.6) is 17.2 Å². The van der Waals surface area contributed by atoms with E-state index in [1.807, 2.05) is 19.0 Å². The smallest absolute Gasteiger partial charge is 0.202 e. The van der Waals surface area contributed by atoms with Crippen molar-refractivity contribution in [1.29, 1.82) is 0 Å². The van der Waals surface area contributed by atoms with E-state index in [9.17, 15) is 45.0 Å². The summed E-state index contributed by atoms with van der Waals surface area (Å²) < 4.78 is 37.2. The van der Waals surface area contributed by atoms with E-state index < -0.39 is 113 Å². The second kappa shape index (κ2) is 15.3. The van der Waals surface area contributed by atoms with Gasteiger partial charge in [-0.05, 0) is 47.4 Å². The van der Waals surface area contributed by atoms with Crippen LogP contribution in [0, 0.1) is 0 Å². The molecule has 0 amide bonds. The highest BCUT2D eigenvalue weighted by Gasteiger charge is 2.52. The first kappa shape index (κ1) is 40.6. The minimum atomic E-state index is -1.88. The van der Waals surface area contributed by atoms with Crippen LogP contribution in [0.3, 0.4) is 0 Å². The third-order valence-corrected chi connectivity index (χ3v) is 12.1. The van der Waals surface area contributed by atoms with Crippen molar-refractivity contribution >= 4 is 17.3 Å². The van der Waals surface area contributed by atoms with E-state index in [0.717, 1.165) is 0 Å². The van der Waals surface area contributed by atoms with Gasteiger partial charge < -0.3 is 64.0 Å². The van der Waals surface area contributed by atoms with E-state index in [4.69, 9.17) is 28.4 Å². The average Bonchev–Trinajstić information content (AvgIpc) is 3.14. The Hall–Kier alpha value is -3.55. The maximum absolute atomic E-state index is 13.8. The molecule has 2 unspecified atom stereocenters. The zero-order chi connectivity index (χ0) is 40.5. The van der Waals surface area contributed by atoms with Crippen LogP contribution in [-0.4, -0.2) is 134 Å². The number of aliphatic hydroxyl groups is 3. The highest BCUT2D eigenvalue weighted by atomic mass is 16.7. The monoisotopic (exact) mass is 785 g/mol. The van der Waals surface area contributed by atoms with Crippen LogP contribution in [-0.2, 0) is 33.2 Å². The first-order valence-electron chi connectivity index (χ1n) is 19.2. The first-order chi connectivity index (χ1) is 26.4. The zero-order valence-corrected chi connectivity index (χ0v) is 32.2. The second-order valence-corrected chi connectivity index (χ2v) is 15.8. The van der Waals surface area contributed by atoms with E-state index in [1.54, 1.807) is 27.7 Å². The van der Waals surface area contributed by atoms with E-state index in [2.05, 4.69) is 0 Å². The molecule has 7 rings (SSSR count). The lowest BCUT2D eigenvalue weighted by Gasteiger charge is -2.48. The summed E-state index contributed by atoms with van der Waals surface area (Å²) in [5, 5.41) is 68.2. The van der Waals surface area contributed by atoms with Gasteiger partial charge in [-0.3, -0.25) is 14.4 Å². The molecule has 3 fully saturated rings. The topological polar surface area (TPSA) is 231 Å². The molecular formula is C40H51NO15. The molecule has 56 heavy (non-hydrogen) atoms. The van der Waals surface area contributed by atoms with Gasteiger partial charge in [0.2, 0.25) is 5.78 Å². The highest BCUT2D eigenvalue weighted by molar-refractivity contribution is 6.31. The number of hydrogen-bond acceptors (Lipinski definition) is 16. The largest absolute Gasteiger partial charge is 0.507 e. The lowest BCUT2D eigenvalue weighted by Crippen LogP contribution is -2.58. The Balaban J connectivity index is 1.12. The lowest BCUT2D eigenvalue weighted by molar-refractivity contribution is -0.325. The molecule has 5 aliphatic rings. The lowest BCUT2D eigenvalue weighted by atomic mass is 9.70. The van der Waals surface area contributed by atoms with Crippen molar-refractivity contribution in [3.8, 4) is 17.2 Å². The Kier molecular flexibility index (Phi) is 11.1. The second-order valence-electron chi connectivity index (χ2n) is 15.8. The normalized spacial score (nSPS) is 37.3. The molecule has 13 atom stereocenters. The van der Waals surface area contributed by atoms with Crippen molar-refractivity contribution in [2.24, 2.45) is 0 Å². The molecule has 6 N–H and O–H groups in total. The zero-order valence-electron chi connectivity index (χ0n) is 32.2. The standard InChI is InChI=1S/C40H51NO15/c1-7-40(50)15-24(29-32(39(40)49)36(48)30-31(35(29)47)34(46)28-19(33(30)45)9-8-10-22(28)43)54-26-13-20(41(5)6)37(17(3)52-26)56-27-14-23(44)38(18(4)53-27)55-25-12-11-21(42)16(2)51-25/h8-10,16-18,20,23-27,37-39,43-44,47-50H,7,11-15H2,1-6H3/t16-,17-,18-,20-,23-,24?,25-,26-,27-,37?,38+,39+,40+/m0/s1. The van der Waals surface area contributed by atoms with Crippen molar-refractivity contribution in [3.05, 3.63) is 51.6 Å². The van der Waals surface area contributed by atoms with Crippen molar-refractivity contribution in [2.75, 3.05) is 14.1 Å². The number of aliphatic hydroxyl groups excluding tert-OH is 2. The van der Waals surface area contributed by atoms with Crippen LogP contribution < -0.4 is 0 Å².